The second-order valence-electron chi connectivity index (χ2n) is 6.42. The van der Waals surface area contributed by atoms with Gasteiger partial charge in [0.05, 0.1) is 11.4 Å². The van der Waals surface area contributed by atoms with Gasteiger partial charge in [-0.15, -0.1) is 5.10 Å². The first-order valence-electron chi connectivity index (χ1n) is 8.19. The van der Waals surface area contributed by atoms with Gasteiger partial charge in [0.1, 0.15) is 0 Å². The quantitative estimate of drug-likeness (QED) is 0.813. The van der Waals surface area contributed by atoms with E-state index in [2.05, 4.69) is 10.3 Å². The number of hydrogen-bond acceptors (Lipinski definition) is 5. The summed E-state index contributed by atoms with van der Waals surface area (Å²) >= 11 is 1.81. The second-order valence-corrected chi connectivity index (χ2v) is 7.45. The molecule has 1 aliphatic carbocycles. The highest BCUT2D eigenvalue weighted by Gasteiger charge is 2.25. The highest BCUT2D eigenvalue weighted by Crippen LogP contribution is 2.32. The molecule has 2 N–H and O–H groups in total. The highest BCUT2D eigenvalue weighted by atomic mass is 32.2. The van der Waals surface area contributed by atoms with Crippen LogP contribution in [0.4, 0.5) is 0 Å². The number of likely N-dealkylation sites (tertiary alicyclic amines) is 1. The molecule has 6 nitrogen and oxygen atoms in total. The largest absolute Gasteiger partial charge is 0.342 e. The number of amides is 1. The van der Waals surface area contributed by atoms with Crippen LogP contribution in [0.25, 0.3) is 0 Å². The van der Waals surface area contributed by atoms with Gasteiger partial charge in [-0.05, 0) is 43.3 Å². The fourth-order valence-electron chi connectivity index (χ4n) is 2.84. The maximum atomic E-state index is 12.2. The summed E-state index contributed by atoms with van der Waals surface area (Å²) in [6, 6.07) is 0. The van der Waals surface area contributed by atoms with Crippen molar-refractivity contribution in [1.82, 2.24) is 19.9 Å². The maximum Gasteiger partial charge on any atom is 0.232 e. The summed E-state index contributed by atoms with van der Waals surface area (Å²) in [4.78, 5) is 14.2. The van der Waals surface area contributed by atoms with Gasteiger partial charge in [0, 0.05) is 32.4 Å². The molecule has 1 saturated heterocycles. The molecule has 0 aromatic carbocycles. The van der Waals surface area contributed by atoms with Crippen molar-refractivity contribution in [2.75, 3.05) is 24.6 Å². The van der Waals surface area contributed by atoms with Crippen LogP contribution in [0.15, 0.2) is 6.20 Å². The third-order valence-corrected chi connectivity index (χ3v) is 5.64. The number of aromatic nitrogens is 3. The van der Waals surface area contributed by atoms with Crippen molar-refractivity contribution in [1.29, 1.82) is 0 Å². The van der Waals surface area contributed by atoms with Crippen molar-refractivity contribution < 1.29 is 4.79 Å². The molecule has 0 radical (unpaired) electrons. The van der Waals surface area contributed by atoms with Crippen molar-refractivity contribution in [2.45, 2.75) is 38.8 Å². The first-order chi connectivity index (χ1) is 10.7. The molecule has 1 aromatic rings. The van der Waals surface area contributed by atoms with Gasteiger partial charge >= 0.3 is 0 Å². The minimum absolute atomic E-state index is 0.315. The highest BCUT2D eigenvalue weighted by molar-refractivity contribution is 7.99. The molecular formula is C15H25N5OS. The van der Waals surface area contributed by atoms with Crippen LogP contribution in [0, 0.1) is 11.8 Å². The maximum absolute atomic E-state index is 12.2. The Balaban J connectivity index is 1.36. The molecule has 0 atom stereocenters. The molecule has 0 unspecified atom stereocenters. The lowest BCUT2D eigenvalue weighted by atomic mass is 9.97. The molecule has 2 fully saturated rings. The van der Waals surface area contributed by atoms with Gasteiger partial charge in [-0.2, -0.15) is 11.8 Å². The second kappa shape index (κ2) is 7.46. The molecule has 0 bridgehead atoms. The van der Waals surface area contributed by atoms with E-state index >= 15 is 0 Å². The zero-order valence-corrected chi connectivity index (χ0v) is 13.8. The van der Waals surface area contributed by atoms with E-state index in [9.17, 15) is 4.79 Å². The summed E-state index contributed by atoms with van der Waals surface area (Å²) in [5, 5.41) is 8.12. The minimum atomic E-state index is 0.315. The average Bonchev–Trinajstić information content (AvgIpc) is 3.25. The molecule has 1 aromatic heterocycles. The Hall–Kier alpha value is -1.08. The topological polar surface area (TPSA) is 77.0 Å². The van der Waals surface area contributed by atoms with E-state index in [1.165, 1.54) is 12.8 Å². The number of nitrogens with zero attached hydrogens (tertiary/aromatic N) is 4. The molecule has 0 spiro atoms. The Morgan fingerprint density at radius 2 is 2.05 bits per heavy atom. The summed E-state index contributed by atoms with van der Waals surface area (Å²) in [5.74, 6) is 3.61. The Bertz CT molecular complexity index is 494. The van der Waals surface area contributed by atoms with Crippen LogP contribution >= 0.6 is 11.8 Å². The van der Waals surface area contributed by atoms with Crippen LogP contribution in [0.5, 0.6) is 0 Å². The van der Waals surface area contributed by atoms with E-state index in [-0.39, 0.29) is 0 Å². The van der Waals surface area contributed by atoms with Crippen LogP contribution in [-0.4, -0.2) is 50.4 Å². The third kappa shape index (κ3) is 4.46. The minimum Gasteiger partial charge on any atom is -0.342 e. The normalized spacial score (nSPS) is 19.6. The van der Waals surface area contributed by atoms with Crippen LogP contribution in [0.1, 0.15) is 31.4 Å². The van der Waals surface area contributed by atoms with Crippen LogP contribution in [-0.2, 0) is 17.9 Å². The molecule has 7 heteroatoms. The number of nitrogens with two attached hydrogens (primary N) is 1. The molecule has 1 saturated carbocycles. The molecule has 3 rings (SSSR count). The van der Waals surface area contributed by atoms with E-state index in [0.29, 0.717) is 24.1 Å². The van der Waals surface area contributed by atoms with Gasteiger partial charge in [-0.3, -0.25) is 9.48 Å². The average molecular weight is 323 g/mol. The van der Waals surface area contributed by atoms with Gasteiger partial charge in [0.25, 0.3) is 0 Å². The van der Waals surface area contributed by atoms with Gasteiger partial charge in [-0.25, -0.2) is 0 Å². The van der Waals surface area contributed by atoms with Gasteiger partial charge in [0.2, 0.25) is 5.91 Å². The molecule has 2 heterocycles. The molecule has 2 aliphatic rings. The third-order valence-electron chi connectivity index (χ3n) is 4.48. The summed E-state index contributed by atoms with van der Waals surface area (Å²) in [5.41, 5.74) is 6.38. The van der Waals surface area contributed by atoms with Crippen molar-refractivity contribution in [2.24, 2.45) is 17.6 Å². The predicted molar refractivity (Wildman–Crippen MR) is 87.3 cm³/mol. The van der Waals surface area contributed by atoms with Crippen molar-refractivity contribution in [3.63, 3.8) is 0 Å². The Morgan fingerprint density at radius 1 is 1.27 bits per heavy atom. The van der Waals surface area contributed by atoms with E-state index in [1.54, 1.807) is 0 Å². The van der Waals surface area contributed by atoms with Crippen LogP contribution < -0.4 is 5.73 Å². The number of hydrogen-bond donors (Lipinski definition) is 1. The van der Waals surface area contributed by atoms with Crippen molar-refractivity contribution >= 4 is 17.7 Å². The van der Waals surface area contributed by atoms with Gasteiger partial charge in [0.15, 0.2) is 0 Å². The molecule has 1 amide bonds. The standard InChI is InChI=1S/C15H25N5OS/c16-7-14-9-20(18-17-14)8-12-3-5-19(6-4-12)15(21)11-22-10-13-1-2-13/h9,12-13H,1-8,10-11,16H2. The Labute approximate surface area is 135 Å². The lowest BCUT2D eigenvalue weighted by Gasteiger charge is -2.31. The lowest BCUT2D eigenvalue weighted by Crippen LogP contribution is -2.40. The van der Waals surface area contributed by atoms with E-state index in [0.717, 1.165) is 49.8 Å². The zero-order valence-electron chi connectivity index (χ0n) is 13.0. The summed E-state index contributed by atoms with van der Waals surface area (Å²) in [6.45, 7) is 3.08. The lowest BCUT2D eigenvalue weighted by molar-refractivity contribution is -0.129. The molecule has 1 aliphatic heterocycles. The van der Waals surface area contributed by atoms with Gasteiger partial charge < -0.3 is 10.6 Å². The first-order valence-corrected chi connectivity index (χ1v) is 9.34. The Kier molecular flexibility index (Phi) is 5.36. The summed E-state index contributed by atoms with van der Waals surface area (Å²) in [6.07, 6.45) is 6.75. The van der Waals surface area contributed by atoms with Gasteiger partial charge in [-0.1, -0.05) is 5.21 Å². The summed E-state index contributed by atoms with van der Waals surface area (Å²) in [7, 11) is 0. The number of thioether (sulfide) groups is 1. The van der Waals surface area contributed by atoms with Crippen LogP contribution in [0.2, 0.25) is 0 Å². The molecule has 22 heavy (non-hydrogen) atoms. The van der Waals surface area contributed by atoms with E-state index < -0.39 is 0 Å². The number of rotatable bonds is 7. The fraction of sp³-hybridized carbons (Fsp3) is 0.800. The smallest absolute Gasteiger partial charge is 0.232 e. The SMILES string of the molecule is NCc1cn(CC2CCN(C(=O)CSCC3CC3)CC2)nn1. The number of carbonyl (C=O) groups is 1. The van der Waals surface area contributed by atoms with Crippen molar-refractivity contribution in [3.05, 3.63) is 11.9 Å². The predicted octanol–water partition coefficient (Wildman–Crippen LogP) is 1.12. The zero-order chi connectivity index (χ0) is 15.4. The van der Waals surface area contributed by atoms with E-state index in [4.69, 9.17) is 5.73 Å². The monoisotopic (exact) mass is 323 g/mol. The molecule has 122 valence electrons. The number of carbonyl (C=O) groups excluding carboxylic acids is 1. The fourth-order valence-corrected chi connectivity index (χ4v) is 3.98. The first kappa shape index (κ1) is 15.8. The Morgan fingerprint density at radius 3 is 2.68 bits per heavy atom. The van der Waals surface area contributed by atoms with Crippen molar-refractivity contribution in [3.8, 4) is 0 Å². The number of piperidine rings is 1. The van der Waals surface area contributed by atoms with E-state index in [1.807, 2.05) is 27.5 Å². The van der Waals surface area contributed by atoms with Crippen LogP contribution in [0.3, 0.4) is 0 Å². The summed E-state index contributed by atoms with van der Waals surface area (Å²) < 4.78 is 1.88. The molecular weight excluding hydrogens is 298 g/mol.